The molecule has 0 amide bonds. The Labute approximate surface area is 175 Å². The van der Waals surface area contributed by atoms with E-state index in [0.717, 1.165) is 36.5 Å². The number of rotatable bonds is 3. The van der Waals surface area contributed by atoms with E-state index in [1.54, 1.807) is 0 Å². The molecule has 136 valence electrons. The minimum absolute atomic E-state index is 0. The molecule has 1 aliphatic rings. The molecule has 1 N–H and O–H groups in total. The van der Waals surface area contributed by atoms with E-state index in [1.807, 2.05) is 19.6 Å². The highest BCUT2D eigenvalue weighted by molar-refractivity contribution is 14.0. The number of aromatic nitrogens is 2. The quantitative estimate of drug-likeness (QED) is 0.381. The van der Waals surface area contributed by atoms with Crippen LogP contribution in [-0.4, -0.2) is 40.5 Å². The van der Waals surface area contributed by atoms with Gasteiger partial charge < -0.3 is 14.8 Å². The second-order valence-corrected chi connectivity index (χ2v) is 7.23. The Morgan fingerprint density at radius 3 is 2.76 bits per heavy atom. The standard InChI is InChI=1S/C18H24BrN5.HI/c1-14-7-9-23(12-17(14)24-10-8-21-13-24)18(20-2)22-11-15-3-5-16(19)6-4-15;/h3-6,8,10,13-14,17H,7,9,11-12H2,1-2H3,(H,20,22);1H. The summed E-state index contributed by atoms with van der Waals surface area (Å²) in [5, 5.41) is 3.49. The summed E-state index contributed by atoms with van der Waals surface area (Å²) in [6.45, 7) is 5.09. The normalized spacial score (nSPS) is 20.9. The summed E-state index contributed by atoms with van der Waals surface area (Å²) in [5.41, 5.74) is 1.25. The van der Waals surface area contributed by atoms with Crippen molar-refractivity contribution in [1.82, 2.24) is 19.8 Å². The zero-order valence-corrected chi connectivity index (χ0v) is 18.5. The molecule has 0 aliphatic carbocycles. The van der Waals surface area contributed by atoms with Crippen LogP contribution in [0.4, 0.5) is 0 Å². The van der Waals surface area contributed by atoms with Crippen LogP contribution < -0.4 is 5.32 Å². The van der Waals surface area contributed by atoms with Gasteiger partial charge in [0.15, 0.2) is 5.96 Å². The van der Waals surface area contributed by atoms with E-state index in [-0.39, 0.29) is 24.0 Å². The van der Waals surface area contributed by atoms with Crippen molar-refractivity contribution in [3.05, 3.63) is 53.0 Å². The molecule has 1 aromatic heterocycles. The van der Waals surface area contributed by atoms with E-state index in [4.69, 9.17) is 0 Å². The number of nitrogens with one attached hydrogen (secondary N) is 1. The lowest BCUT2D eigenvalue weighted by Crippen LogP contribution is -2.48. The fraction of sp³-hybridized carbons (Fsp3) is 0.444. The van der Waals surface area contributed by atoms with E-state index in [9.17, 15) is 0 Å². The molecule has 0 radical (unpaired) electrons. The molecule has 1 fully saturated rings. The first-order valence-electron chi connectivity index (χ1n) is 8.35. The van der Waals surface area contributed by atoms with E-state index < -0.39 is 0 Å². The molecule has 25 heavy (non-hydrogen) atoms. The van der Waals surface area contributed by atoms with Gasteiger partial charge in [-0.2, -0.15) is 0 Å². The number of aliphatic imine (C=N–C) groups is 1. The van der Waals surface area contributed by atoms with Crippen LogP contribution in [-0.2, 0) is 6.54 Å². The van der Waals surface area contributed by atoms with E-state index in [0.29, 0.717) is 12.0 Å². The third kappa shape index (κ3) is 5.20. The van der Waals surface area contributed by atoms with Crippen LogP contribution in [0.1, 0.15) is 24.9 Å². The van der Waals surface area contributed by atoms with E-state index in [1.165, 1.54) is 5.56 Å². The van der Waals surface area contributed by atoms with Crippen LogP contribution in [0.25, 0.3) is 0 Å². The van der Waals surface area contributed by atoms with Crippen molar-refractivity contribution in [2.45, 2.75) is 25.9 Å². The summed E-state index contributed by atoms with van der Waals surface area (Å²) < 4.78 is 3.32. The van der Waals surface area contributed by atoms with Crippen LogP contribution in [0.3, 0.4) is 0 Å². The van der Waals surface area contributed by atoms with Gasteiger partial charge in [0.1, 0.15) is 0 Å². The number of hydrogen-bond acceptors (Lipinski definition) is 2. The van der Waals surface area contributed by atoms with E-state index in [2.05, 4.69) is 78.1 Å². The van der Waals surface area contributed by atoms with Crippen LogP contribution in [0.15, 0.2) is 52.5 Å². The van der Waals surface area contributed by atoms with Gasteiger partial charge in [-0.25, -0.2) is 4.98 Å². The third-order valence-corrected chi connectivity index (χ3v) is 5.23. The molecule has 3 rings (SSSR count). The molecule has 0 spiro atoms. The zero-order valence-electron chi connectivity index (χ0n) is 14.6. The molecule has 2 atom stereocenters. The molecular formula is C18H25BrIN5. The van der Waals surface area contributed by atoms with Crippen LogP contribution in [0, 0.1) is 5.92 Å². The molecule has 7 heteroatoms. The van der Waals surface area contributed by atoms with Gasteiger partial charge in [0.25, 0.3) is 0 Å². The number of imidazole rings is 1. The molecule has 1 aliphatic heterocycles. The number of nitrogens with zero attached hydrogens (tertiary/aromatic N) is 4. The lowest BCUT2D eigenvalue weighted by molar-refractivity contribution is 0.189. The Balaban J connectivity index is 0.00000225. The molecule has 5 nitrogen and oxygen atoms in total. The van der Waals surface area contributed by atoms with Crippen molar-refractivity contribution in [2.24, 2.45) is 10.9 Å². The average molecular weight is 518 g/mol. The number of likely N-dealkylation sites (tertiary alicyclic amines) is 1. The summed E-state index contributed by atoms with van der Waals surface area (Å²) >= 11 is 3.47. The highest BCUT2D eigenvalue weighted by atomic mass is 127. The molecule has 0 bridgehead atoms. The molecular weight excluding hydrogens is 493 g/mol. The second-order valence-electron chi connectivity index (χ2n) is 6.32. The third-order valence-electron chi connectivity index (χ3n) is 4.70. The first kappa shape index (κ1) is 20.2. The van der Waals surface area contributed by atoms with Gasteiger partial charge >= 0.3 is 0 Å². The van der Waals surface area contributed by atoms with Crippen molar-refractivity contribution in [1.29, 1.82) is 0 Å². The fourth-order valence-electron chi connectivity index (χ4n) is 3.21. The lowest BCUT2D eigenvalue weighted by Gasteiger charge is -2.39. The Morgan fingerprint density at radius 2 is 2.12 bits per heavy atom. The minimum atomic E-state index is 0. The average Bonchev–Trinajstić information content (AvgIpc) is 3.12. The summed E-state index contributed by atoms with van der Waals surface area (Å²) in [6.07, 6.45) is 6.99. The van der Waals surface area contributed by atoms with Crippen molar-refractivity contribution in [2.75, 3.05) is 20.1 Å². The van der Waals surface area contributed by atoms with Gasteiger partial charge in [-0.15, -0.1) is 24.0 Å². The first-order chi connectivity index (χ1) is 11.7. The lowest BCUT2D eigenvalue weighted by atomic mass is 9.93. The van der Waals surface area contributed by atoms with Crippen LogP contribution >= 0.6 is 39.9 Å². The number of piperidine rings is 1. The number of hydrogen-bond donors (Lipinski definition) is 1. The summed E-state index contributed by atoms with van der Waals surface area (Å²) in [7, 11) is 1.86. The molecule has 1 saturated heterocycles. The number of halogens is 2. The minimum Gasteiger partial charge on any atom is -0.352 e. The van der Waals surface area contributed by atoms with Gasteiger partial charge in [0.05, 0.1) is 12.4 Å². The Morgan fingerprint density at radius 1 is 1.36 bits per heavy atom. The van der Waals surface area contributed by atoms with Gasteiger partial charge in [0.2, 0.25) is 0 Å². The maximum absolute atomic E-state index is 4.48. The number of benzene rings is 1. The number of guanidine groups is 1. The molecule has 0 saturated carbocycles. The molecule has 2 unspecified atom stereocenters. The SMILES string of the molecule is CN=C(NCc1ccc(Br)cc1)N1CCC(C)C(n2ccnc2)C1.I. The predicted octanol–water partition coefficient (Wildman–Crippen LogP) is 3.92. The largest absolute Gasteiger partial charge is 0.352 e. The molecule has 2 heterocycles. The molecule has 2 aromatic rings. The Kier molecular flexibility index (Phi) is 7.74. The van der Waals surface area contributed by atoms with Gasteiger partial charge in [0, 0.05) is 43.5 Å². The maximum Gasteiger partial charge on any atom is 0.193 e. The van der Waals surface area contributed by atoms with Crippen LogP contribution in [0.5, 0.6) is 0 Å². The van der Waals surface area contributed by atoms with Crippen molar-refractivity contribution < 1.29 is 0 Å². The maximum atomic E-state index is 4.48. The van der Waals surface area contributed by atoms with Crippen molar-refractivity contribution in [3.63, 3.8) is 0 Å². The Hall–Kier alpha value is -1.09. The highest BCUT2D eigenvalue weighted by Crippen LogP contribution is 2.27. The van der Waals surface area contributed by atoms with E-state index >= 15 is 0 Å². The van der Waals surface area contributed by atoms with Crippen molar-refractivity contribution >= 4 is 45.9 Å². The summed E-state index contributed by atoms with van der Waals surface area (Å²) in [5.74, 6) is 1.61. The Bertz CT molecular complexity index is 671. The smallest absolute Gasteiger partial charge is 0.193 e. The fourth-order valence-corrected chi connectivity index (χ4v) is 3.47. The monoisotopic (exact) mass is 517 g/mol. The van der Waals surface area contributed by atoms with Gasteiger partial charge in [-0.1, -0.05) is 35.0 Å². The summed E-state index contributed by atoms with van der Waals surface area (Å²) in [4.78, 5) is 11.0. The van der Waals surface area contributed by atoms with Crippen LogP contribution in [0.2, 0.25) is 0 Å². The summed E-state index contributed by atoms with van der Waals surface area (Å²) in [6, 6.07) is 8.82. The molecule has 1 aromatic carbocycles. The van der Waals surface area contributed by atoms with Gasteiger partial charge in [-0.3, -0.25) is 4.99 Å². The topological polar surface area (TPSA) is 45.5 Å². The van der Waals surface area contributed by atoms with Gasteiger partial charge in [-0.05, 0) is 30.0 Å². The zero-order chi connectivity index (χ0) is 16.9. The second kappa shape index (κ2) is 9.56. The van der Waals surface area contributed by atoms with Crippen molar-refractivity contribution in [3.8, 4) is 0 Å². The predicted molar refractivity (Wildman–Crippen MR) is 116 cm³/mol. The first-order valence-corrected chi connectivity index (χ1v) is 9.14. The highest BCUT2D eigenvalue weighted by Gasteiger charge is 2.28.